The van der Waals surface area contributed by atoms with Crippen molar-refractivity contribution in [2.45, 2.75) is 69.3 Å². The van der Waals surface area contributed by atoms with Gasteiger partial charge in [-0.05, 0) is 58.1 Å². The molecule has 2 aliphatic carbocycles. The third kappa shape index (κ3) is 5.66. The zero-order chi connectivity index (χ0) is 22.0. The number of carbonyl (C=O) groups excluding carboxylic acids is 1. The lowest BCUT2D eigenvalue weighted by Gasteiger charge is -2.14. The molecule has 0 bridgehead atoms. The van der Waals surface area contributed by atoms with Crippen LogP contribution < -0.4 is 15.4 Å². The zero-order valence-corrected chi connectivity index (χ0v) is 18.4. The Kier molecular flexibility index (Phi) is 6.03. The van der Waals surface area contributed by atoms with Crippen molar-refractivity contribution in [2.24, 2.45) is 0 Å². The number of pyridine rings is 1. The molecule has 0 saturated heterocycles. The van der Waals surface area contributed by atoms with Gasteiger partial charge in [-0.1, -0.05) is 0 Å². The highest BCUT2D eigenvalue weighted by atomic mass is 32.2. The van der Waals surface area contributed by atoms with E-state index in [0.717, 1.165) is 25.0 Å². The first-order valence-electron chi connectivity index (χ1n) is 10.6. The van der Waals surface area contributed by atoms with Crippen LogP contribution >= 0.6 is 0 Å². The van der Waals surface area contributed by atoms with Crippen LogP contribution in [0.15, 0.2) is 24.4 Å². The second-order valence-corrected chi connectivity index (χ2v) is 10.4. The molecule has 4 rings (SSSR count). The maximum absolute atomic E-state index is 12.0. The number of alkyl carbamates (subject to hydrolysis) is 1. The molecule has 2 aromatic heterocycles. The predicted molar refractivity (Wildman–Crippen MR) is 117 cm³/mol. The van der Waals surface area contributed by atoms with Gasteiger partial charge in [-0.3, -0.25) is 9.82 Å². The van der Waals surface area contributed by atoms with Crippen LogP contribution in [0.5, 0.6) is 0 Å². The predicted octanol–water partition coefficient (Wildman–Crippen LogP) is 3.22. The molecule has 0 spiro atoms. The number of aromatic amines is 1. The number of nitrogens with one attached hydrogen (secondary N) is 4. The largest absolute Gasteiger partial charge is 0.446 e. The van der Waals surface area contributed by atoms with E-state index in [4.69, 9.17) is 4.74 Å². The number of ether oxygens (including phenoxy) is 1. The molecule has 2 heterocycles. The van der Waals surface area contributed by atoms with Crippen LogP contribution in [0.3, 0.4) is 0 Å². The van der Waals surface area contributed by atoms with Crippen molar-refractivity contribution < 1.29 is 17.9 Å². The lowest BCUT2D eigenvalue weighted by atomic mass is 10.0. The van der Waals surface area contributed by atoms with Gasteiger partial charge in [0.1, 0.15) is 11.9 Å². The number of anilines is 3. The molecule has 2 saturated carbocycles. The van der Waals surface area contributed by atoms with Gasteiger partial charge in [-0.2, -0.15) is 5.10 Å². The number of nitrogens with zero attached hydrogens (tertiary/aromatic N) is 2. The Bertz CT molecular complexity index is 1020. The fourth-order valence-electron chi connectivity index (χ4n) is 3.65. The maximum Gasteiger partial charge on any atom is 0.407 e. The summed E-state index contributed by atoms with van der Waals surface area (Å²) < 4.78 is 32.0. The number of carbonyl (C=O) groups is 1. The molecule has 2 aromatic rings. The van der Waals surface area contributed by atoms with Gasteiger partial charge in [-0.15, -0.1) is 0 Å². The van der Waals surface area contributed by atoms with E-state index >= 15 is 0 Å². The number of aromatic nitrogens is 3. The van der Waals surface area contributed by atoms with Gasteiger partial charge in [0, 0.05) is 23.7 Å². The van der Waals surface area contributed by atoms with Crippen molar-refractivity contribution in [2.75, 3.05) is 10.0 Å². The van der Waals surface area contributed by atoms with Crippen LogP contribution in [0.2, 0.25) is 0 Å². The molecular weight excluding hydrogens is 420 g/mol. The maximum atomic E-state index is 12.0. The van der Waals surface area contributed by atoms with E-state index in [2.05, 4.69) is 30.5 Å². The zero-order valence-electron chi connectivity index (χ0n) is 17.6. The summed E-state index contributed by atoms with van der Waals surface area (Å²) in [6.45, 7) is 3.79. The van der Waals surface area contributed by atoms with E-state index < -0.39 is 10.0 Å². The third-order valence-corrected chi connectivity index (χ3v) is 7.21. The molecule has 2 fully saturated rings. The lowest BCUT2D eigenvalue weighted by Crippen LogP contribution is -2.33. The second kappa shape index (κ2) is 8.74. The summed E-state index contributed by atoms with van der Waals surface area (Å²) in [5, 5.41) is 12.9. The first-order chi connectivity index (χ1) is 14.8. The molecule has 168 valence electrons. The van der Waals surface area contributed by atoms with Gasteiger partial charge in [0.2, 0.25) is 10.0 Å². The Balaban J connectivity index is 1.29. The molecule has 11 heteroatoms. The monoisotopic (exact) mass is 448 g/mol. The van der Waals surface area contributed by atoms with Gasteiger partial charge in [0.05, 0.1) is 17.1 Å². The number of H-pyrrole nitrogens is 1. The van der Waals surface area contributed by atoms with Crippen molar-refractivity contribution in [3.63, 3.8) is 0 Å². The van der Waals surface area contributed by atoms with Gasteiger partial charge < -0.3 is 15.4 Å². The Labute approximate surface area is 181 Å². The van der Waals surface area contributed by atoms with E-state index in [-0.39, 0.29) is 29.4 Å². The van der Waals surface area contributed by atoms with Gasteiger partial charge in [-0.25, -0.2) is 18.2 Å². The Morgan fingerprint density at radius 3 is 2.68 bits per heavy atom. The smallest absolute Gasteiger partial charge is 0.407 e. The SMILES string of the molecule is CC(C)NC(=O)O[C@H]1CC[C@@H](c2cc(Nc3ccc(NS(=O)(=O)C4CC4)cn3)n[nH]2)C1. The molecule has 0 aromatic carbocycles. The standard InChI is InChI=1S/C20H28N6O4S/c1-12(2)22-20(27)30-15-5-3-13(9-15)17-10-19(25-24-17)23-18-8-4-14(11-21-18)26-31(28,29)16-6-7-16/h4,8,10-13,15-16,26H,3,5-7,9H2,1-2H3,(H,22,27)(H2,21,23,24,25)/t13-,15+/m1/s1. The van der Waals surface area contributed by atoms with E-state index in [1.54, 1.807) is 12.1 Å². The highest BCUT2D eigenvalue weighted by Gasteiger charge is 2.35. The Morgan fingerprint density at radius 1 is 1.19 bits per heavy atom. The van der Waals surface area contributed by atoms with Crippen molar-refractivity contribution in [3.8, 4) is 0 Å². The summed E-state index contributed by atoms with van der Waals surface area (Å²) in [7, 11) is -3.30. The summed E-state index contributed by atoms with van der Waals surface area (Å²) >= 11 is 0. The average Bonchev–Trinajstić information content (AvgIpc) is 3.31. The Hall–Kier alpha value is -2.82. The number of rotatable bonds is 8. The molecule has 10 nitrogen and oxygen atoms in total. The number of hydrogen-bond donors (Lipinski definition) is 4. The number of sulfonamides is 1. The topological polar surface area (TPSA) is 138 Å². The Morgan fingerprint density at radius 2 is 2.00 bits per heavy atom. The molecule has 0 unspecified atom stereocenters. The summed E-state index contributed by atoms with van der Waals surface area (Å²) in [6.07, 6.45) is 4.91. The minimum atomic E-state index is -3.30. The average molecular weight is 449 g/mol. The van der Waals surface area contributed by atoms with Crippen molar-refractivity contribution in [1.29, 1.82) is 0 Å². The van der Waals surface area contributed by atoms with E-state index in [0.29, 0.717) is 30.2 Å². The van der Waals surface area contributed by atoms with Crippen LogP contribution in [0, 0.1) is 0 Å². The minimum Gasteiger partial charge on any atom is -0.446 e. The highest BCUT2D eigenvalue weighted by molar-refractivity contribution is 7.93. The van der Waals surface area contributed by atoms with Gasteiger partial charge in [0.25, 0.3) is 0 Å². The van der Waals surface area contributed by atoms with Crippen molar-refractivity contribution >= 4 is 33.4 Å². The van der Waals surface area contributed by atoms with Crippen molar-refractivity contribution in [3.05, 3.63) is 30.1 Å². The van der Waals surface area contributed by atoms with Crippen LogP contribution in [0.1, 0.15) is 57.6 Å². The van der Waals surface area contributed by atoms with E-state index in [9.17, 15) is 13.2 Å². The number of hydrogen-bond acceptors (Lipinski definition) is 7. The molecule has 2 aliphatic rings. The van der Waals surface area contributed by atoms with Crippen LogP contribution in [0.4, 0.5) is 22.1 Å². The normalized spacial score (nSPS) is 21.1. The summed E-state index contributed by atoms with van der Waals surface area (Å²) in [5.41, 5.74) is 1.42. The van der Waals surface area contributed by atoms with Gasteiger partial charge >= 0.3 is 6.09 Å². The van der Waals surface area contributed by atoms with E-state index in [1.165, 1.54) is 6.20 Å². The molecular formula is C20H28N6O4S. The van der Waals surface area contributed by atoms with Crippen LogP contribution in [-0.4, -0.2) is 47.1 Å². The fourth-order valence-corrected chi connectivity index (χ4v) is 5.02. The lowest BCUT2D eigenvalue weighted by molar-refractivity contribution is 0.0981. The first-order valence-corrected chi connectivity index (χ1v) is 12.1. The van der Waals surface area contributed by atoms with E-state index in [1.807, 2.05) is 19.9 Å². The first kappa shape index (κ1) is 21.4. The summed E-state index contributed by atoms with van der Waals surface area (Å²) in [4.78, 5) is 16.0. The molecule has 2 atom stereocenters. The minimum absolute atomic E-state index is 0.0481. The number of amides is 1. The quantitative estimate of drug-likeness (QED) is 0.486. The van der Waals surface area contributed by atoms with Crippen molar-refractivity contribution in [1.82, 2.24) is 20.5 Å². The molecule has 1 amide bonds. The fraction of sp³-hybridized carbons (Fsp3) is 0.550. The molecule has 31 heavy (non-hydrogen) atoms. The van der Waals surface area contributed by atoms with Gasteiger partial charge in [0.15, 0.2) is 5.82 Å². The molecule has 4 N–H and O–H groups in total. The summed E-state index contributed by atoms with van der Waals surface area (Å²) in [5.74, 6) is 1.42. The highest BCUT2D eigenvalue weighted by Crippen LogP contribution is 2.36. The van der Waals surface area contributed by atoms with Crippen LogP contribution in [-0.2, 0) is 14.8 Å². The third-order valence-electron chi connectivity index (χ3n) is 5.35. The van der Waals surface area contributed by atoms with Crippen LogP contribution in [0.25, 0.3) is 0 Å². The second-order valence-electron chi connectivity index (χ2n) is 8.45. The summed E-state index contributed by atoms with van der Waals surface area (Å²) in [6, 6.07) is 5.34. The molecule has 0 radical (unpaired) electrons. The molecule has 0 aliphatic heterocycles.